The number of aromatic hydroxyl groups is 1. The molecule has 0 saturated heterocycles. The van der Waals surface area contributed by atoms with Crippen LogP contribution in [-0.4, -0.2) is 26.5 Å². The Morgan fingerprint density at radius 2 is 2.07 bits per heavy atom. The Bertz CT molecular complexity index is 419. The van der Waals surface area contributed by atoms with E-state index >= 15 is 0 Å². The van der Waals surface area contributed by atoms with E-state index in [9.17, 15) is 0 Å². The summed E-state index contributed by atoms with van der Waals surface area (Å²) in [6.45, 7) is 0. The molecule has 0 radical (unpaired) electrons. The third kappa shape index (κ3) is 1.95. The lowest BCUT2D eigenvalue weighted by Gasteiger charge is -1.92. The highest BCUT2D eigenvalue weighted by Crippen LogP contribution is 2.08. The Labute approximate surface area is 80.2 Å². The average Bonchev–Trinajstić information content (AvgIpc) is 2.70. The van der Waals surface area contributed by atoms with Crippen molar-refractivity contribution in [1.29, 1.82) is 0 Å². The summed E-state index contributed by atoms with van der Waals surface area (Å²) in [6, 6.07) is 6.72. The number of aromatic amines is 1. The molecule has 1 aromatic heterocycles. The van der Waals surface area contributed by atoms with Gasteiger partial charge >= 0.3 is 0 Å². The molecule has 1 aromatic carbocycles. The first-order chi connectivity index (χ1) is 6.84. The lowest BCUT2D eigenvalue weighted by Crippen LogP contribution is -1.79. The Hall–Kier alpha value is -2.17. The number of hydrogen-bond acceptors (Lipinski definition) is 4. The van der Waals surface area contributed by atoms with Crippen LogP contribution in [0.4, 0.5) is 5.95 Å². The van der Waals surface area contributed by atoms with Crippen LogP contribution in [0, 0.1) is 0 Å². The van der Waals surface area contributed by atoms with Crippen molar-refractivity contribution in [3.8, 4) is 5.75 Å². The van der Waals surface area contributed by atoms with Crippen molar-refractivity contribution in [2.75, 3.05) is 0 Å². The molecule has 0 spiro atoms. The maximum absolute atomic E-state index is 9.04. The van der Waals surface area contributed by atoms with Crippen molar-refractivity contribution in [2.45, 2.75) is 0 Å². The van der Waals surface area contributed by atoms with Crippen LogP contribution in [0.1, 0.15) is 5.56 Å². The van der Waals surface area contributed by atoms with E-state index in [-0.39, 0.29) is 5.75 Å². The third-order valence-electron chi connectivity index (χ3n) is 1.63. The zero-order valence-corrected chi connectivity index (χ0v) is 7.25. The first-order valence-electron chi connectivity index (χ1n) is 4.03. The molecule has 5 heteroatoms. The Balaban J connectivity index is 2.15. The van der Waals surface area contributed by atoms with Gasteiger partial charge in [0.25, 0.3) is 0 Å². The lowest BCUT2D eigenvalue weighted by molar-refractivity contribution is 0.475. The van der Waals surface area contributed by atoms with Gasteiger partial charge < -0.3 is 5.11 Å². The summed E-state index contributed by atoms with van der Waals surface area (Å²) >= 11 is 0. The van der Waals surface area contributed by atoms with E-state index in [4.69, 9.17) is 5.11 Å². The molecular weight excluding hydrogens is 180 g/mol. The zero-order valence-electron chi connectivity index (χ0n) is 7.25. The number of phenolic OH excluding ortho intramolecular Hbond substituents is 1. The van der Waals surface area contributed by atoms with Gasteiger partial charge in [0.2, 0.25) is 5.95 Å². The van der Waals surface area contributed by atoms with Gasteiger partial charge in [0, 0.05) is 6.21 Å². The van der Waals surface area contributed by atoms with E-state index in [2.05, 4.69) is 20.2 Å². The molecule has 0 bridgehead atoms. The summed E-state index contributed by atoms with van der Waals surface area (Å²) in [7, 11) is 0. The van der Waals surface area contributed by atoms with E-state index in [1.54, 1.807) is 30.5 Å². The molecule has 0 amide bonds. The van der Waals surface area contributed by atoms with Gasteiger partial charge in [0.05, 0.1) is 0 Å². The molecule has 0 aliphatic carbocycles. The number of aliphatic imine (C=N–C) groups is 1. The minimum Gasteiger partial charge on any atom is -0.508 e. The summed E-state index contributed by atoms with van der Waals surface area (Å²) in [5, 5.41) is 15.3. The van der Waals surface area contributed by atoms with Crippen molar-refractivity contribution >= 4 is 12.2 Å². The van der Waals surface area contributed by atoms with Crippen LogP contribution >= 0.6 is 0 Å². The first-order valence-corrected chi connectivity index (χ1v) is 4.03. The number of H-pyrrole nitrogens is 1. The molecule has 2 aromatic rings. The number of hydrogen-bond donors (Lipinski definition) is 2. The molecule has 14 heavy (non-hydrogen) atoms. The highest BCUT2D eigenvalue weighted by atomic mass is 16.3. The second-order valence-corrected chi connectivity index (χ2v) is 2.66. The maximum Gasteiger partial charge on any atom is 0.245 e. The predicted octanol–water partition coefficient (Wildman–Crippen LogP) is 1.26. The number of aromatic nitrogens is 3. The Morgan fingerprint density at radius 3 is 2.71 bits per heavy atom. The Kier molecular flexibility index (Phi) is 2.22. The second-order valence-electron chi connectivity index (χ2n) is 2.66. The van der Waals surface area contributed by atoms with Gasteiger partial charge in [-0.1, -0.05) is 0 Å². The molecule has 2 N–H and O–H groups in total. The normalized spacial score (nSPS) is 10.9. The molecule has 5 nitrogen and oxygen atoms in total. The lowest BCUT2D eigenvalue weighted by atomic mass is 10.2. The van der Waals surface area contributed by atoms with E-state index < -0.39 is 0 Å². The molecular formula is C9H8N4O. The van der Waals surface area contributed by atoms with Crippen molar-refractivity contribution in [3.63, 3.8) is 0 Å². The van der Waals surface area contributed by atoms with Crippen molar-refractivity contribution in [3.05, 3.63) is 36.2 Å². The topological polar surface area (TPSA) is 74.2 Å². The Morgan fingerprint density at radius 1 is 1.29 bits per heavy atom. The van der Waals surface area contributed by atoms with Crippen LogP contribution in [0.2, 0.25) is 0 Å². The smallest absolute Gasteiger partial charge is 0.245 e. The largest absolute Gasteiger partial charge is 0.508 e. The number of nitrogens with zero attached hydrogens (tertiary/aromatic N) is 3. The van der Waals surface area contributed by atoms with Gasteiger partial charge in [-0.25, -0.2) is 10.1 Å². The van der Waals surface area contributed by atoms with Crippen LogP contribution in [0.15, 0.2) is 35.6 Å². The molecule has 70 valence electrons. The summed E-state index contributed by atoms with van der Waals surface area (Å²) < 4.78 is 0. The van der Waals surface area contributed by atoms with Gasteiger partial charge in [-0.15, -0.1) is 0 Å². The molecule has 1 heterocycles. The summed E-state index contributed by atoms with van der Waals surface area (Å²) in [6.07, 6.45) is 3.03. The van der Waals surface area contributed by atoms with Crippen molar-refractivity contribution in [1.82, 2.24) is 15.2 Å². The summed E-state index contributed by atoms with van der Waals surface area (Å²) in [4.78, 5) is 7.87. The molecule has 0 aliphatic rings. The van der Waals surface area contributed by atoms with Gasteiger partial charge in [-0.2, -0.15) is 10.1 Å². The molecule has 0 saturated carbocycles. The van der Waals surface area contributed by atoms with Crippen LogP contribution in [0.5, 0.6) is 5.75 Å². The number of nitrogens with one attached hydrogen (secondary N) is 1. The molecule has 0 fully saturated rings. The number of rotatable bonds is 2. The predicted molar refractivity (Wildman–Crippen MR) is 51.7 cm³/mol. The van der Waals surface area contributed by atoms with Gasteiger partial charge in [-0.3, -0.25) is 0 Å². The number of phenols is 1. The maximum atomic E-state index is 9.04. The van der Waals surface area contributed by atoms with E-state index in [1.165, 1.54) is 6.33 Å². The van der Waals surface area contributed by atoms with Crippen LogP contribution in [0.3, 0.4) is 0 Å². The summed E-state index contributed by atoms with van der Waals surface area (Å²) in [5.41, 5.74) is 0.888. The monoisotopic (exact) mass is 188 g/mol. The van der Waals surface area contributed by atoms with E-state index in [0.29, 0.717) is 5.95 Å². The fourth-order valence-corrected chi connectivity index (χ4v) is 0.957. The second kappa shape index (κ2) is 3.69. The molecule has 0 atom stereocenters. The first kappa shape index (κ1) is 8.43. The van der Waals surface area contributed by atoms with Crippen LogP contribution in [-0.2, 0) is 0 Å². The van der Waals surface area contributed by atoms with Crippen molar-refractivity contribution in [2.24, 2.45) is 4.99 Å². The third-order valence-corrected chi connectivity index (χ3v) is 1.63. The summed E-state index contributed by atoms with van der Waals surface area (Å²) in [5.74, 6) is 0.694. The highest BCUT2D eigenvalue weighted by Gasteiger charge is 1.90. The standard InChI is InChI=1S/C9H8N4O/c14-8-3-1-7(2-4-8)5-10-9-11-6-12-13-9/h1-6,14H,(H,11,12,13). The molecule has 0 unspecified atom stereocenters. The fourth-order valence-electron chi connectivity index (χ4n) is 0.957. The van der Waals surface area contributed by atoms with Crippen LogP contribution in [0.25, 0.3) is 0 Å². The SMILES string of the molecule is Oc1ccc(C=Nc2ncn[nH]2)cc1. The average molecular weight is 188 g/mol. The van der Waals surface area contributed by atoms with Crippen molar-refractivity contribution < 1.29 is 5.11 Å². The van der Waals surface area contributed by atoms with Gasteiger partial charge in [0.15, 0.2) is 0 Å². The minimum absolute atomic E-state index is 0.238. The van der Waals surface area contributed by atoms with Crippen LogP contribution < -0.4 is 0 Å². The zero-order chi connectivity index (χ0) is 9.80. The molecule has 2 rings (SSSR count). The van der Waals surface area contributed by atoms with E-state index in [1.807, 2.05) is 0 Å². The van der Waals surface area contributed by atoms with E-state index in [0.717, 1.165) is 5.56 Å². The van der Waals surface area contributed by atoms with Gasteiger partial charge in [-0.05, 0) is 29.8 Å². The quantitative estimate of drug-likeness (QED) is 0.697. The van der Waals surface area contributed by atoms with Gasteiger partial charge in [0.1, 0.15) is 12.1 Å². The highest BCUT2D eigenvalue weighted by molar-refractivity contribution is 5.81. The molecule has 0 aliphatic heterocycles. The minimum atomic E-state index is 0.238. The number of benzene rings is 1. The fraction of sp³-hybridized carbons (Fsp3) is 0.